The smallest absolute Gasteiger partial charge is 0.227 e. The van der Waals surface area contributed by atoms with Crippen LogP contribution in [0.2, 0.25) is 0 Å². The maximum Gasteiger partial charge on any atom is 0.227 e. The average Bonchev–Trinajstić information content (AvgIpc) is 2.58. The van der Waals surface area contributed by atoms with Crippen LogP contribution < -0.4 is 10.9 Å². The molecule has 0 radical (unpaired) electrons. The average molecular weight is 338 g/mol. The lowest BCUT2D eigenvalue weighted by Gasteiger charge is -2.17. The van der Waals surface area contributed by atoms with Crippen LogP contribution in [-0.4, -0.2) is 20.4 Å². The molecule has 0 aromatic carbocycles. The summed E-state index contributed by atoms with van der Waals surface area (Å²) >= 11 is 0. The molecule has 0 spiro atoms. The van der Waals surface area contributed by atoms with Crippen molar-refractivity contribution < 1.29 is 29.3 Å². The summed E-state index contributed by atoms with van der Waals surface area (Å²) in [5.41, 5.74) is -1.52. The molecule has 8 heteroatoms. The molecule has 4 N–H and O–H groups in total. The molecule has 2 aromatic rings. The summed E-state index contributed by atoms with van der Waals surface area (Å²) in [5, 5.41) is 38.4. The van der Waals surface area contributed by atoms with Crippen molar-refractivity contribution in [3.8, 4) is 11.5 Å². The number of aliphatic hydroxyl groups is 2. The number of aliphatic hydroxyl groups excluding tert-OH is 2. The molecular formula is C16H18O8. The summed E-state index contributed by atoms with van der Waals surface area (Å²) in [6, 6.07) is 1.89. The van der Waals surface area contributed by atoms with Gasteiger partial charge in [0.1, 0.15) is 24.7 Å². The number of hydrogen-bond acceptors (Lipinski definition) is 8. The molecule has 0 saturated heterocycles. The zero-order valence-corrected chi connectivity index (χ0v) is 13.0. The molecule has 2 rings (SSSR count). The monoisotopic (exact) mass is 338 g/mol. The van der Waals surface area contributed by atoms with Gasteiger partial charge < -0.3 is 29.3 Å². The van der Waals surface area contributed by atoms with Gasteiger partial charge in [-0.25, -0.2) is 0 Å². The van der Waals surface area contributed by atoms with Gasteiger partial charge in [0.25, 0.3) is 0 Å². The SMILES string of the molecule is CCCC(c1oc(CO)cc(=O)c1O)c1oc(CO)cc(=O)c1O. The Labute approximate surface area is 136 Å². The molecule has 130 valence electrons. The predicted molar refractivity (Wildman–Crippen MR) is 81.9 cm³/mol. The highest BCUT2D eigenvalue weighted by Crippen LogP contribution is 2.37. The minimum Gasteiger partial charge on any atom is -0.502 e. The summed E-state index contributed by atoms with van der Waals surface area (Å²) in [4.78, 5) is 23.6. The first-order valence-electron chi connectivity index (χ1n) is 7.36. The van der Waals surface area contributed by atoms with Crippen LogP contribution >= 0.6 is 0 Å². The van der Waals surface area contributed by atoms with Crippen LogP contribution in [-0.2, 0) is 13.2 Å². The minimum absolute atomic E-state index is 0.0750. The first-order chi connectivity index (χ1) is 11.4. The van der Waals surface area contributed by atoms with E-state index in [0.717, 1.165) is 12.1 Å². The third-order valence-electron chi connectivity index (χ3n) is 3.52. The number of rotatable bonds is 6. The van der Waals surface area contributed by atoms with E-state index in [1.165, 1.54) is 0 Å². The molecule has 0 fully saturated rings. The van der Waals surface area contributed by atoms with E-state index in [-0.39, 0.29) is 29.5 Å². The second-order valence-electron chi connectivity index (χ2n) is 5.24. The lowest BCUT2D eigenvalue weighted by molar-refractivity contribution is 0.220. The Kier molecular flexibility index (Phi) is 5.42. The molecule has 2 aromatic heterocycles. The quantitative estimate of drug-likeness (QED) is 0.609. The van der Waals surface area contributed by atoms with Gasteiger partial charge in [0.15, 0.2) is 11.5 Å². The molecule has 24 heavy (non-hydrogen) atoms. The third-order valence-corrected chi connectivity index (χ3v) is 3.52. The molecule has 8 nitrogen and oxygen atoms in total. The summed E-state index contributed by atoms with van der Waals surface area (Å²) in [5.74, 6) is -2.91. The Hall–Kier alpha value is -2.58. The topological polar surface area (TPSA) is 141 Å². The molecule has 0 unspecified atom stereocenters. The fraction of sp³-hybridized carbons (Fsp3) is 0.375. The van der Waals surface area contributed by atoms with Gasteiger partial charge in [-0.3, -0.25) is 9.59 Å². The van der Waals surface area contributed by atoms with E-state index in [0.29, 0.717) is 6.42 Å². The predicted octanol–water partition coefficient (Wildman–Crippen LogP) is 0.921. The summed E-state index contributed by atoms with van der Waals surface area (Å²) < 4.78 is 10.7. The molecule has 0 amide bonds. The first-order valence-corrected chi connectivity index (χ1v) is 7.36. The number of aromatic hydroxyl groups is 2. The lowest BCUT2D eigenvalue weighted by Crippen LogP contribution is -2.13. The highest BCUT2D eigenvalue weighted by Gasteiger charge is 2.29. The summed E-state index contributed by atoms with van der Waals surface area (Å²) in [6.45, 7) is 0.686. The molecular weight excluding hydrogens is 320 g/mol. The standard InChI is InChI=1S/C16H18O8/c1-2-3-10(15-13(21)11(19)4-8(6-17)23-15)16-14(22)12(20)5-9(7-18)24-16/h4-5,10,17-18,21-22H,2-3,6-7H2,1H3. The molecule has 0 aliphatic carbocycles. The van der Waals surface area contributed by atoms with Gasteiger partial charge in [-0.1, -0.05) is 13.3 Å². The second kappa shape index (κ2) is 7.33. The minimum atomic E-state index is -0.937. The van der Waals surface area contributed by atoms with Crippen molar-refractivity contribution in [1.82, 2.24) is 0 Å². The highest BCUT2D eigenvalue weighted by molar-refractivity contribution is 5.37. The highest BCUT2D eigenvalue weighted by atomic mass is 16.4. The number of hydrogen-bond donors (Lipinski definition) is 4. The van der Waals surface area contributed by atoms with E-state index >= 15 is 0 Å². The van der Waals surface area contributed by atoms with Crippen molar-refractivity contribution in [2.24, 2.45) is 0 Å². The molecule has 0 aliphatic rings. The maximum absolute atomic E-state index is 11.8. The van der Waals surface area contributed by atoms with Gasteiger partial charge in [-0.2, -0.15) is 0 Å². The zero-order valence-electron chi connectivity index (χ0n) is 13.0. The second-order valence-corrected chi connectivity index (χ2v) is 5.24. The van der Waals surface area contributed by atoms with E-state index < -0.39 is 41.5 Å². The van der Waals surface area contributed by atoms with Crippen LogP contribution in [0.1, 0.15) is 48.7 Å². The summed E-state index contributed by atoms with van der Waals surface area (Å²) in [6.07, 6.45) is 0.820. The van der Waals surface area contributed by atoms with Crippen LogP contribution in [0.5, 0.6) is 11.5 Å². The van der Waals surface area contributed by atoms with Gasteiger partial charge in [-0.15, -0.1) is 0 Å². The van der Waals surface area contributed by atoms with Gasteiger partial charge in [0.05, 0.1) is 5.92 Å². The molecule has 0 aliphatic heterocycles. The largest absolute Gasteiger partial charge is 0.502 e. The molecule has 0 saturated carbocycles. The molecule has 0 bridgehead atoms. The fourth-order valence-electron chi connectivity index (χ4n) is 2.41. The van der Waals surface area contributed by atoms with E-state index in [1.54, 1.807) is 0 Å². The van der Waals surface area contributed by atoms with Crippen molar-refractivity contribution in [1.29, 1.82) is 0 Å². The van der Waals surface area contributed by atoms with Gasteiger partial charge in [0.2, 0.25) is 22.4 Å². The molecule has 0 atom stereocenters. The van der Waals surface area contributed by atoms with Crippen LogP contribution in [0.25, 0.3) is 0 Å². The summed E-state index contributed by atoms with van der Waals surface area (Å²) in [7, 11) is 0. The Morgan fingerprint density at radius 2 is 1.33 bits per heavy atom. The fourth-order valence-corrected chi connectivity index (χ4v) is 2.41. The van der Waals surface area contributed by atoms with Crippen molar-refractivity contribution >= 4 is 0 Å². The van der Waals surface area contributed by atoms with Crippen molar-refractivity contribution in [3.63, 3.8) is 0 Å². The van der Waals surface area contributed by atoms with Gasteiger partial charge in [0, 0.05) is 12.1 Å². The van der Waals surface area contributed by atoms with E-state index in [1.807, 2.05) is 6.92 Å². The Balaban J connectivity index is 2.72. The van der Waals surface area contributed by atoms with Crippen molar-refractivity contribution in [3.05, 3.63) is 55.6 Å². The van der Waals surface area contributed by atoms with Crippen LogP contribution in [0, 0.1) is 0 Å². The maximum atomic E-state index is 11.8. The Bertz CT molecular complexity index is 765. The molecule has 2 heterocycles. The van der Waals surface area contributed by atoms with E-state index in [2.05, 4.69) is 0 Å². The van der Waals surface area contributed by atoms with Gasteiger partial charge in [-0.05, 0) is 6.42 Å². The third kappa shape index (κ3) is 3.34. The van der Waals surface area contributed by atoms with Crippen molar-refractivity contribution in [2.75, 3.05) is 0 Å². The lowest BCUT2D eigenvalue weighted by atomic mass is 9.95. The Morgan fingerprint density at radius 3 is 1.67 bits per heavy atom. The van der Waals surface area contributed by atoms with Crippen molar-refractivity contribution in [2.45, 2.75) is 38.9 Å². The first kappa shape index (κ1) is 17.8. The normalized spacial score (nSPS) is 11.2. The Morgan fingerprint density at radius 1 is 0.917 bits per heavy atom. The van der Waals surface area contributed by atoms with Crippen LogP contribution in [0.3, 0.4) is 0 Å². The van der Waals surface area contributed by atoms with Gasteiger partial charge >= 0.3 is 0 Å². The zero-order chi connectivity index (χ0) is 17.9. The van der Waals surface area contributed by atoms with E-state index in [4.69, 9.17) is 8.83 Å². The van der Waals surface area contributed by atoms with Crippen LogP contribution in [0.15, 0.2) is 30.6 Å². The van der Waals surface area contributed by atoms with Crippen LogP contribution in [0.4, 0.5) is 0 Å². The van der Waals surface area contributed by atoms with E-state index in [9.17, 15) is 30.0 Å².